The number of ether oxygens (including phenoxy) is 3. The van der Waals surface area contributed by atoms with Gasteiger partial charge in [0.15, 0.2) is 30.0 Å². The summed E-state index contributed by atoms with van der Waals surface area (Å²) >= 11 is 0. The van der Waals surface area contributed by atoms with Gasteiger partial charge in [0, 0.05) is 12.1 Å². The fraction of sp³-hybridized carbons (Fsp3) is 0.381. The molecule has 2 aliphatic heterocycles. The molecule has 0 aromatic heterocycles. The summed E-state index contributed by atoms with van der Waals surface area (Å²) in [5.74, 6) is -3.00. The summed E-state index contributed by atoms with van der Waals surface area (Å²) < 4.78 is 16.7. The highest BCUT2D eigenvalue weighted by Crippen LogP contribution is 2.44. The van der Waals surface area contributed by atoms with Crippen molar-refractivity contribution in [3.63, 3.8) is 0 Å². The van der Waals surface area contributed by atoms with Gasteiger partial charge in [0.1, 0.15) is 47.2 Å². The number of aliphatic hydroxyl groups is 4. The molecule has 2 aliphatic rings. The Bertz CT molecular complexity index is 1050. The van der Waals surface area contributed by atoms with Gasteiger partial charge in [-0.3, -0.25) is 4.79 Å². The van der Waals surface area contributed by atoms with Crippen LogP contribution in [0.25, 0.3) is 0 Å². The number of aromatic hydroxyl groups is 4. The van der Waals surface area contributed by atoms with E-state index in [-0.39, 0.29) is 22.6 Å². The molecule has 12 nitrogen and oxygen atoms in total. The van der Waals surface area contributed by atoms with Gasteiger partial charge in [-0.2, -0.15) is 0 Å². The average Bonchev–Trinajstić information content (AvgIpc) is 2.76. The van der Waals surface area contributed by atoms with Crippen LogP contribution in [0.4, 0.5) is 0 Å². The van der Waals surface area contributed by atoms with Crippen molar-refractivity contribution in [3.8, 4) is 28.7 Å². The summed E-state index contributed by atoms with van der Waals surface area (Å²) in [6.07, 6.45) is -11.2. The van der Waals surface area contributed by atoms with Crippen molar-refractivity contribution in [2.75, 3.05) is 6.61 Å². The molecule has 33 heavy (non-hydrogen) atoms. The van der Waals surface area contributed by atoms with E-state index in [9.17, 15) is 45.6 Å². The molecule has 0 spiro atoms. The van der Waals surface area contributed by atoms with Gasteiger partial charge in [0.05, 0.1) is 6.61 Å². The number of phenols is 4. The van der Waals surface area contributed by atoms with Crippen LogP contribution >= 0.6 is 0 Å². The van der Waals surface area contributed by atoms with E-state index in [1.165, 1.54) is 6.07 Å². The minimum absolute atomic E-state index is 0.140. The Morgan fingerprint density at radius 3 is 2.27 bits per heavy atom. The van der Waals surface area contributed by atoms with Gasteiger partial charge in [-0.25, -0.2) is 0 Å². The normalized spacial score (nSPS) is 31.6. The van der Waals surface area contributed by atoms with Crippen molar-refractivity contribution in [2.45, 2.75) is 42.9 Å². The van der Waals surface area contributed by atoms with Crippen LogP contribution in [0, 0.1) is 0 Å². The monoisotopic (exact) mass is 466 g/mol. The molecule has 0 radical (unpaired) electrons. The molecule has 2 aromatic carbocycles. The third-order valence-electron chi connectivity index (χ3n) is 5.56. The lowest BCUT2D eigenvalue weighted by Gasteiger charge is -2.42. The smallest absolute Gasteiger partial charge is 0.203 e. The van der Waals surface area contributed by atoms with Gasteiger partial charge in [0.2, 0.25) is 5.78 Å². The molecule has 2 heterocycles. The van der Waals surface area contributed by atoms with Crippen molar-refractivity contribution in [1.82, 2.24) is 0 Å². The van der Waals surface area contributed by atoms with Gasteiger partial charge in [0.25, 0.3) is 0 Å². The minimum Gasteiger partial charge on any atom is -0.508 e. The Labute approximate surface area is 186 Å². The van der Waals surface area contributed by atoms with E-state index < -0.39 is 72.6 Å². The van der Waals surface area contributed by atoms with Crippen molar-refractivity contribution in [1.29, 1.82) is 0 Å². The van der Waals surface area contributed by atoms with Crippen LogP contribution in [0.1, 0.15) is 22.0 Å². The Morgan fingerprint density at radius 2 is 1.61 bits per heavy atom. The Kier molecular flexibility index (Phi) is 6.05. The quantitative estimate of drug-likeness (QED) is 0.256. The Balaban J connectivity index is 1.75. The molecule has 1 fully saturated rings. The summed E-state index contributed by atoms with van der Waals surface area (Å²) in [7, 11) is 0. The summed E-state index contributed by atoms with van der Waals surface area (Å²) in [6.45, 7) is -0.724. The van der Waals surface area contributed by atoms with E-state index in [0.717, 1.165) is 24.3 Å². The van der Waals surface area contributed by atoms with Crippen molar-refractivity contribution in [2.24, 2.45) is 0 Å². The van der Waals surface area contributed by atoms with E-state index in [4.69, 9.17) is 14.2 Å². The molecular formula is C21H22O12. The molecule has 1 unspecified atom stereocenters. The number of carbonyl (C=O) groups excluding carboxylic acids is 1. The van der Waals surface area contributed by atoms with E-state index in [0.29, 0.717) is 0 Å². The van der Waals surface area contributed by atoms with E-state index in [1.807, 2.05) is 0 Å². The standard InChI is InChI=1S/C21H22O12/c22-6-13-15(27)17(29)18(30)21(32-13)33-20-16(28)14-11(26)4-8(23)5-12(14)31-19(20)7-1-2-9(24)10(25)3-7/h1-5,13,15,17-27,29-30H,6H2/t13-,15-,17-,18-,19+,20?,21+/m1/s1. The van der Waals surface area contributed by atoms with E-state index in [1.54, 1.807) is 0 Å². The number of hydrogen-bond acceptors (Lipinski definition) is 12. The molecule has 12 heteroatoms. The first kappa shape index (κ1) is 23.0. The second-order valence-corrected chi connectivity index (χ2v) is 7.74. The largest absolute Gasteiger partial charge is 0.508 e. The molecule has 7 atom stereocenters. The van der Waals surface area contributed by atoms with Crippen molar-refractivity contribution >= 4 is 5.78 Å². The molecular weight excluding hydrogens is 444 g/mol. The average molecular weight is 466 g/mol. The van der Waals surface area contributed by atoms with Crippen LogP contribution in [-0.4, -0.2) is 90.1 Å². The minimum atomic E-state index is -1.82. The lowest BCUT2D eigenvalue weighted by molar-refractivity contribution is -0.311. The van der Waals surface area contributed by atoms with Crippen LogP contribution < -0.4 is 4.74 Å². The number of rotatable bonds is 4. The summed E-state index contributed by atoms with van der Waals surface area (Å²) in [5.41, 5.74) is -0.191. The fourth-order valence-corrected chi connectivity index (χ4v) is 3.82. The second kappa shape index (κ2) is 8.67. The Morgan fingerprint density at radius 1 is 0.879 bits per heavy atom. The molecule has 0 aliphatic carbocycles. The predicted molar refractivity (Wildman–Crippen MR) is 106 cm³/mol. The SMILES string of the molecule is O=C1c2c(O)cc(O)cc2O[C@@H](c2ccc(O)c(O)c2)C1O[C@@H]1O[C@H](CO)[C@@H](O)[C@@H](O)[C@H]1O. The van der Waals surface area contributed by atoms with Crippen LogP contribution in [0.15, 0.2) is 30.3 Å². The molecule has 0 bridgehead atoms. The van der Waals surface area contributed by atoms with Crippen LogP contribution in [0.5, 0.6) is 28.7 Å². The second-order valence-electron chi connectivity index (χ2n) is 7.74. The first-order chi connectivity index (χ1) is 15.6. The molecule has 0 amide bonds. The van der Waals surface area contributed by atoms with Gasteiger partial charge < -0.3 is 55.1 Å². The van der Waals surface area contributed by atoms with Crippen LogP contribution in [0.2, 0.25) is 0 Å². The molecule has 2 aromatic rings. The topological polar surface area (TPSA) is 207 Å². The number of carbonyl (C=O) groups is 1. The van der Waals surface area contributed by atoms with Gasteiger partial charge in [-0.1, -0.05) is 6.07 Å². The number of benzene rings is 2. The van der Waals surface area contributed by atoms with Gasteiger partial charge in [-0.05, 0) is 17.7 Å². The highest BCUT2D eigenvalue weighted by molar-refractivity contribution is 6.05. The van der Waals surface area contributed by atoms with Gasteiger partial charge in [-0.15, -0.1) is 0 Å². The number of hydrogen-bond donors (Lipinski definition) is 8. The summed E-state index contributed by atoms with van der Waals surface area (Å²) in [5, 5.41) is 79.2. The Hall–Kier alpha value is -3.13. The first-order valence-electron chi connectivity index (χ1n) is 9.87. The zero-order valence-corrected chi connectivity index (χ0v) is 16.8. The maximum atomic E-state index is 13.3. The highest BCUT2D eigenvalue weighted by atomic mass is 16.7. The third-order valence-corrected chi connectivity index (χ3v) is 5.56. The van der Waals surface area contributed by atoms with Crippen LogP contribution in [0.3, 0.4) is 0 Å². The predicted octanol–water partition coefficient (Wildman–Crippen LogP) is -0.990. The molecule has 0 saturated carbocycles. The van der Waals surface area contributed by atoms with Crippen LogP contribution in [-0.2, 0) is 9.47 Å². The maximum Gasteiger partial charge on any atom is 0.203 e. The number of fused-ring (bicyclic) bond motifs is 1. The molecule has 1 saturated heterocycles. The number of phenolic OH excluding ortho intramolecular Hbond substituents is 4. The van der Waals surface area contributed by atoms with Gasteiger partial charge >= 0.3 is 0 Å². The van der Waals surface area contributed by atoms with E-state index in [2.05, 4.69) is 0 Å². The zero-order valence-electron chi connectivity index (χ0n) is 16.8. The maximum absolute atomic E-state index is 13.3. The third kappa shape index (κ3) is 4.04. The first-order valence-corrected chi connectivity index (χ1v) is 9.87. The zero-order chi connectivity index (χ0) is 24.0. The van der Waals surface area contributed by atoms with Crippen molar-refractivity contribution < 1.29 is 59.9 Å². The fourth-order valence-electron chi connectivity index (χ4n) is 3.82. The lowest BCUT2D eigenvalue weighted by atomic mass is 9.92. The number of Topliss-reactive ketones (excluding diaryl/α,β-unsaturated/α-hetero) is 1. The summed E-state index contributed by atoms with van der Waals surface area (Å²) in [6, 6.07) is 5.57. The van der Waals surface area contributed by atoms with E-state index >= 15 is 0 Å². The molecule has 178 valence electrons. The lowest BCUT2D eigenvalue weighted by Crippen LogP contribution is -2.60. The molecule has 8 N–H and O–H groups in total. The highest BCUT2D eigenvalue weighted by Gasteiger charge is 2.49. The number of ketones is 1. The summed E-state index contributed by atoms with van der Waals surface area (Å²) in [4.78, 5) is 13.3. The van der Waals surface area contributed by atoms with Crippen molar-refractivity contribution in [3.05, 3.63) is 41.5 Å². The molecule has 4 rings (SSSR count). The number of aliphatic hydroxyl groups excluding tert-OH is 4.